The number of aliphatic hydroxyl groups is 1. The standard InChI is InChI=1S/C15H25ClN2O2/c1-11(2)12-4-6-15(19,7-5-12)14-13(16)10-17-18(14)8-9-20-3/h10-12,19H,4-9H2,1-3H3. The van der Waals surface area contributed by atoms with E-state index >= 15 is 0 Å². The third kappa shape index (κ3) is 3.18. The van der Waals surface area contributed by atoms with Crippen LogP contribution in [-0.2, 0) is 16.9 Å². The van der Waals surface area contributed by atoms with Gasteiger partial charge >= 0.3 is 0 Å². The van der Waals surface area contributed by atoms with Crippen LogP contribution in [0.4, 0.5) is 0 Å². The van der Waals surface area contributed by atoms with Gasteiger partial charge in [-0.15, -0.1) is 0 Å². The molecule has 1 heterocycles. The van der Waals surface area contributed by atoms with Crippen molar-refractivity contribution in [2.45, 2.75) is 51.7 Å². The predicted octanol–water partition coefficient (Wildman–Crippen LogP) is 3.22. The van der Waals surface area contributed by atoms with E-state index in [9.17, 15) is 5.11 Å². The minimum Gasteiger partial charge on any atom is -0.384 e. The van der Waals surface area contributed by atoms with Gasteiger partial charge in [0.05, 0.1) is 30.1 Å². The van der Waals surface area contributed by atoms with E-state index in [1.807, 2.05) is 0 Å². The van der Waals surface area contributed by atoms with Gasteiger partial charge in [0.15, 0.2) is 0 Å². The summed E-state index contributed by atoms with van der Waals surface area (Å²) in [5.74, 6) is 1.37. The molecule has 0 bridgehead atoms. The van der Waals surface area contributed by atoms with Crippen molar-refractivity contribution in [3.8, 4) is 0 Å². The van der Waals surface area contributed by atoms with Crippen molar-refractivity contribution < 1.29 is 9.84 Å². The largest absolute Gasteiger partial charge is 0.384 e. The van der Waals surface area contributed by atoms with Gasteiger partial charge in [-0.2, -0.15) is 5.10 Å². The van der Waals surface area contributed by atoms with E-state index in [2.05, 4.69) is 18.9 Å². The number of ether oxygens (including phenoxy) is 1. The average molecular weight is 301 g/mol. The third-order valence-corrected chi connectivity index (χ3v) is 4.82. The van der Waals surface area contributed by atoms with Crippen LogP contribution in [0.25, 0.3) is 0 Å². The van der Waals surface area contributed by atoms with Crippen LogP contribution in [0.2, 0.25) is 5.02 Å². The van der Waals surface area contributed by atoms with Gasteiger partial charge in [0.25, 0.3) is 0 Å². The van der Waals surface area contributed by atoms with Crippen LogP contribution in [0.3, 0.4) is 0 Å². The summed E-state index contributed by atoms with van der Waals surface area (Å²) in [5, 5.41) is 15.8. The summed E-state index contributed by atoms with van der Waals surface area (Å²) in [7, 11) is 1.66. The van der Waals surface area contributed by atoms with Crippen LogP contribution in [-0.4, -0.2) is 28.6 Å². The normalized spacial score (nSPS) is 27.2. The van der Waals surface area contributed by atoms with Crippen molar-refractivity contribution in [2.75, 3.05) is 13.7 Å². The molecule has 1 aliphatic carbocycles. The fourth-order valence-corrected chi connectivity index (χ4v) is 3.51. The molecule has 1 saturated carbocycles. The topological polar surface area (TPSA) is 47.3 Å². The Morgan fingerprint density at radius 2 is 2.15 bits per heavy atom. The first-order valence-corrected chi connectivity index (χ1v) is 7.79. The van der Waals surface area contributed by atoms with E-state index in [0.717, 1.165) is 31.4 Å². The van der Waals surface area contributed by atoms with Crippen molar-refractivity contribution in [3.63, 3.8) is 0 Å². The highest BCUT2D eigenvalue weighted by Gasteiger charge is 2.39. The maximum atomic E-state index is 11.0. The summed E-state index contributed by atoms with van der Waals surface area (Å²) in [6.45, 7) is 5.69. The van der Waals surface area contributed by atoms with Crippen molar-refractivity contribution in [3.05, 3.63) is 16.9 Å². The van der Waals surface area contributed by atoms with Crippen LogP contribution < -0.4 is 0 Å². The van der Waals surface area contributed by atoms with Crippen LogP contribution in [0, 0.1) is 11.8 Å². The van der Waals surface area contributed by atoms with Crippen LogP contribution in [0.1, 0.15) is 45.2 Å². The zero-order chi connectivity index (χ0) is 14.8. The molecule has 0 aliphatic heterocycles. The number of hydrogen-bond donors (Lipinski definition) is 1. The first-order valence-electron chi connectivity index (χ1n) is 7.41. The lowest BCUT2D eigenvalue weighted by Crippen LogP contribution is -2.35. The number of rotatable bonds is 5. The molecule has 0 saturated heterocycles. The Morgan fingerprint density at radius 3 is 2.70 bits per heavy atom. The minimum absolute atomic E-state index is 0.562. The lowest BCUT2D eigenvalue weighted by molar-refractivity contribution is -0.0277. The smallest absolute Gasteiger partial charge is 0.108 e. The Balaban J connectivity index is 2.16. The van der Waals surface area contributed by atoms with E-state index < -0.39 is 5.60 Å². The molecule has 1 N–H and O–H groups in total. The quantitative estimate of drug-likeness (QED) is 0.908. The highest BCUT2D eigenvalue weighted by atomic mass is 35.5. The second-order valence-corrected chi connectivity index (χ2v) is 6.58. The first kappa shape index (κ1) is 15.8. The predicted molar refractivity (Wildman–Crippen MR) is 79.8 cm³/mol. The fraction of sp³-hybridized carbons (Fsp3) is 0.800. The van der Waals surface area contributed by atoms with Gasteiger partial charge in [-0.25, -0.2) is 0 Å². The van der Waals surface area contributed by atoms with Crippen molar-refractivity contribution >= 4 is 11.6 Å². The Labute approximate surface area is 126 Å². The second-order valence-electron chi connectivity index (χ2n) is 6.17. The second kappa shape index (κ2) is 6.46. The van der Waals surface area contributed by atoms with Gasteiger partial charge in [-0.1, -0.05) is 25.4 Å². The number of aromatic nitrogens is 2. The molecule has 4 nitrogen and oxygen atoms in total. The molecule has 1 aromatic heterocycles. The van der Waals surface area contributed by atoms with E-state index in [0.29, 0.717) is 30.0 Å². The SMILES string of the molecule is COCCn1ncc(Cl)c1C1(O)CCC(C(C)C)CC1. The Morgan fingerprint density at radius 1 is 1.50 bits per heavy atom. The van der Waals surface area contributed by atoms with E-state index in [1.54, 1.807) is 18.0 Å². The van der Waals surface area contributed by atoms with Gasteiger partial charge in [-0.05, 0) is 37.5 Å². The van der Waals surface area contributed by atoms with Gasteiger partial charge in [0.2, 0.25) is 0 Å². The lowest BCUT2D eigenvalue weighted by atomic mass is 9.73. The molecule has 114 valence electrons. The van der Waals surface area contributed by atoms with E-state index in [-0.39, 0.29) is 0 Å². The molecular formula is C15H25ClN2O2. The maximum absolute atomic E-state index is 11.0. The molecule has 1 fully saturated rings. The maximum Gasteiger partial charge on any atom is 0.108 e. The zero-order valence-corrected chi connectivity index (χ0v) is 13.4. The van der Waals surface area contributed by atoms with Crippen LogP contribution >= 0.6 is 11.6 Å². The molecule has 0 atom stereocenters. The molecule has 0 spiro atoms. The van der Waals surface area contributed by atoms with Gasteiger partial charge in [0, 0.05) is 7.11 Å². The Bertz CT molecular complexity index is 437. The first-order chi connectivity index (χ1) is 9.48. The van der Waals surface area contributed by atoms with Gasteiger partial charge < -0.3 is 9.84 Å². The van der Waals surface area contributed by atoms with Crippen molar-refractivity contribution in [1.82, 2.24) is 9.78 Å². The van der Waals surface area contributed by atoms with E-state index in [1.165, 1.54) is 0 Å². The lowest BCUT2D eigenvalue weighted by Gasteiger charge is -2.38. The molecule has 0 radical (unpaired) electrons. The highest BCUT2D eigenvalue weighted by molar-refractivity contribution is 6.31. The van der Waals surface area contributed by atoms with E-state index in [4.69, 9.17) is 16.3 Å². The molecule has 5 heteroatoms. The summed E-state index contributed by atoms with van der Waals surface area (Å²) < 4.78 is 6.89. The molecule has 0 unspecified atom stereocenters. The highest BCUT2D eigenvalue weighted by Crippen LogP contribution is 2.43. The molecule has 1 aromatic rings. The zero-order valence-electron chi connectivity index (χ0n) is 12.6. The number of hydrogen-bond acceptors (Lipinski definition) is 3. The third-order valence-electron chi connectivity index (χ3n) is 4.54. The average Bonchev–Trinajstić information content (AvgIpc) is 2.78. The molecule has 1 aliphatic rings. The fourth-order valence-electron chi connectivity index (χ4n) is 3.19. The molecule has 0 amide bonds. The Hall–Kier alpha value is -0.580. The monoisotopic (exact) mass is 300 g/mol. The summed E-state index contributed by atoms with van der Waals surface area (Å²) in [6, 6.07) is 0. The number of halogens is 1. The molecule has 20 heavy (non-hydrogen) atoms. The van der Waals surface area contributed by atoms with Gasteiger partial charge in [0.1, 0.15) is 5.60 Å². The summed E-state index contributed by atoms with van der Waals surface area (Å²) in [5.41, 5.74) is -0.0781. The van der Waals surface area contributed by atoms with Crippen LogP contribution in [0.5, 0.6) is 0 Å². The molecule has 2 rings (SSSR count). The van der Waals surface area contributed by atoms with Gasteiger partial charge in [-0.3, -0.25) is 4.68 Å². The summed E-state index contributed by atoms with van der Waals surface area (Å²) in [6.07, 6.45) is 5.22. The number of nitrogens with zero attached hydrogens (tertiary/aromatic N) is 2. The summed E-state index contributed by atoms with van der Waals surface area (Å²) >= 11 is 6.26. The molecular weight excluding hydrogens is 276 g/mol. The number of methoxy groups -OCH3 is 1. The van der Waals surface area contributed by atoms with Crippen molar-refractivity contribution in [1.29, 1.82) is 0 Å². The van der Waals surface area contributed by atoms with Crippen molar-refractivity contribution in [2.24, 2.45) is 11.8 Å². The van der Waals surface area contributed by atoms with Crippen LogP contribution in [0.15, 0.2) is 6.20 Å². The molecule has 0 aromatic carbocycles. The Kier molecular flexibility index (Phi) is 5.10. The summed E-state index contributed by atoms with van der Waals surface area (Å²) in [4.78, 5) is 0. The minimum atomic E-state index is -0.841.